The van der Waals surface area contributed by atoms with Gasteiger partial charge in [-0.1, -0.05) is 76.6 Å². The van der Waals surface area contributed by atoms with Crippen LogP contribution in [0, 0.1) is 0 Å². The molecular formula is C20H15BrO2. The Bertz CT molecular complexity index is 728. The average molecular weight is 367 g/mol. The van der Waals surface area contributed by atoms with Crippen LogP contribution in [0.5, 0.6) is 5.75 Å². The Labute approximate surface area is 143 Å². The molecule has 0 saturated heterocycles. The van der Waals surface area contributed by atoms with Crippen LogP contribution in [0.2, 0.25) is 0 Å². The third-order valence-electron chi connectivity index (χ3n) is 3.53. The topological polar surface area (TPSA) is 26.3 Å². The summed E-state index contributed by atoms with van der Waals surface area (Å²) in [6, 6.07) is 26.6. The van der Waals surface area contributed by atoms with Gasteiger partial charge in [-0.25, -0.2) is 0 Å². The molecule has 2 nitrogen and oxygen atoms in total. The number of benzene rings is 3. The largest absolute Gasteiger partial charge is 0.426 e. The molecule has 0 bridgehead atoms. The first-order valence-corrected chi connectivity index (χ1v) is 8.10. The first kappa shape index (κ1) is 15.5. The molecule has 0 atom stereocenters. The van der Waals surface area contributed by atoms with Gasteiger partial charge in [0, 0.05) is 4.47 Å². The van der Waals surface area contributed by atoms with Gasteiger partial charge in [0.1, 0.15) is 11.7 Å². The minimum Gasteiger partial charge on any atom is -0.426 e. The van der Waals surface area contributed by atoms with E-state index in [2.05, 4.69) is 15.9 Å². The lowest BCUT2D eigenvalue weighted by Crippen LogP contribution is -2.20. The molecule has 0 aliphatic rings. The highest BCUT2D eigenvalue weighted by Gasteiger charge is 2.24. The van der Waals surface area contributed by atoms with Crippen molar-refractivity contribution < 1.29 is 9.53 Å². The molecule has 0 fully saturated rings. The Morgan fingerprint density at radius 2 is 1.22 bits per heavy atom. The fourth-order valence-corrected chi connectivity index (χ4v) is 2.70. The molecule has 0 spiro atoms. The first-order valence-electron chi connectivity index (χ1n) is 7.31. The van der Waals surface area contributed by atoms with Gasteiger partial charge in [-0.3, -0.25) is 4.79 Å². The number of carbonyl (C=O) groups excluding carboxylic acids is 1. The van der Waals surface area contributed by atoms with E-state index in [4.69, 9.17) is 4.74 Å². The first-order chi connectivity index (χ1) is 11.2. The van der Waals surface area contributed by atoms with Crippen LogP contribution in [0.25, 0.3) is 0 Å². The maximum absolute atomic E-state index is 12.8. The number of rotatable bonds is 4. The van der Waals surface area contributed by atoms with Crippen molar-refractivity contribution in [1.29, 1.82) is 0 Å². The summed E-state index contributed by atoms with van der Waals surface area (Å²) in [5.41, 5.74) is 1.83. The van der Waals surface area contributed by atoms with Crippen LogP contribution >= 0.6 is 15.9 Å². The van der Waals surface area contributed by atoms with Crippen molar-refractivity contribution >= 4 is 21.9 Å². The van der Waals surface area contributed by atoms with Crippen LogP contribution < -0.4 is 4.74 Å². The van der Waals surface area contributed by atoms with E-state index in [1.165, 1.54) is 0 Å². The standard InChI is InChI=1S/C20H15BrO2/c21-17-11-13-18(14-12-17)23-20(22)19(15-7-3-1-4-8-15)16-9-5-2-6-10-16/h1-14,19H. The second kappa shape index (κ2) is 7.25. The molecule has 0 amide bonds. The summed E-state index contributed by atoms with van der Waals surface area (Å²) in [5, 5.41) is 0. The molecule has 114 valence electrons. The molecular weight excluding hydrogens is 352 g/mol. The zero-order valence-corrected chi connectivity index (χ0v) is 13.9. The molecule has 0 saturated carbocycles. The highest BCUT2D eigenvalue weighted by molar-refractivity contribution is 9.10. The second-order valence-electron chi connectivity index (χ2n) is 5.13. The number of hydrogen-bond donors (Lipinski definition) is 0. The number of hydrogen-bond acceptors (Lipinski definition) is 2. The molecule has 3 aromatic rings. The van der Waals surface area contributed by atoms with E-state index in [1.807, 2.05) is 72.8 Å². The molecule has 0 aromatic heterocycles. The maximum atomic E-state index is 12.8. The normalized spacial score (nSPS) is 10.5. The number of halogens is 1. The maximum Gasteiger partial charge on any atom is 0.323 e. The van der Waals surface area contributed by atoms with Gasteiger partial charge in [0.15, 0.2) is 0 Å². The summed E-state index contributed by atoms with van der Waals surface area (Å²) >= 11 is 3.37. The van der Waals surface area contributed by atoms with E-state index in [0.717, 1.165) is 15.6 Å². The predicted octanol–water partition coefficient (Wildman–Crippen LogP) is 5.19. The molecule has 0 aliphatic carbocycles. The smallest absolute Gasteiger partial charge is 0.323 e. The lowest BCUT2D eigenvalue weighted by molar-refractivity contribution is -0.135. The van der Waals surface area contributed by atoms with Crippen LogP contribution in [0.1, 0.15) is 17.0 Å². The fourth-order valence-electron chi connectivity index (χ4n) is 2.43. The van der Waals surface area contributed by atoms with E-state index in [-0.39, 0.29) is 5.97 Å². The summed E-state index contributed by atoms with van der Waals surface area (Å²) in [6.07, 6.45) is 0. The van der Waals surface area contributed by atoms with E-state index < -0.39 is 5.92 Å². The zero-order valence-electron chi connectivity index (χ0n) is 12.4. The third kappa shape index (κ3) is 3.88. The van der Waals surface area contributed by atoms with E-state index in [0.29, 0.717) is 5.75 Å². The number of esters is 1. The Kier molecular flexibility index (Phi) is 4.89. The summed E-state index contributed by atoms with van der Waals surface area (Å²) in [7, 11) is 0. The molecule has 0 heterocycles. The Balaban J connectivity index is 1.92. The summed E-state index contributed by atoms with van der Waals surface area (Å²) in [6.45, 7) is 0. The summed E-state index contributed by atoms with van der Waals surface area (Å²) < 4.78 is 6.52. The average Bonchev–Trinajstić information content (AvgIpc) is 2.59. The van der Waals surface area contributed by atoms with Crippen molar-refractivity contribution in [3.63, 3.8) is 0 Å². The van der Waals surface area contributed by atoms with Gasteiger partial charge in [-0.05, 0) is 35.4 Å². The predicted molar refractivity (Wildman–Crippen MR) is 94.5 cm³/mol. The molecule has 3 heteroatoms. The lowest BCUT2D eigenvalue weighted by atomic mass is 9.91. The Morgan fingerprint density at radius 3 is 1.70 bits per heavy atom. The van der Waals surface area contributed by atoms with Crippen molar-refractivity contribution in [2.75, 3.05) is 0 Å². The van der Waals surface area contributed by atoms with Crippen molar-refractivity contribution in [2.24, 2.45) is 0 Å². The molecule has 0 aliphatic heterocycles. The van der Waals surface area contributed by atoms with Gasteiger partial charge >= 0.3 is 5.97 Å². The van der Waals surface area contributed by atoms with Gasteiger partial charge in [0.2, 0.25) is 0 Å². The van der Waals surface area contributed by atoms with Gasteiger partial charge in [0.05, 0.1) is 0 Å². The lowest BCUT2D eigenvalue weighted by Gasteiger charge is -2.17. The SMILES string of the molecule is O=C(Oc1ccc(Br)cc1)C(c1ccccc1)c1ccccc1. The molecule has 3 aromatic carbocycles. The zero-order chi connectivity index (χ0) is 16.1. The number of ether oxygens (including phenoxy) is 1. The highest BCUT2D eigenvalue weighted by atomic mass is 79.9. The van der Waals surface area contributed by atoms with E-state index in [1.54, 1.807) is 12.1 Å². The fraction of sp³-hybridized carbons (Fsp3) is 0.0500. The van der Waals surface area contributed by atoms with Gasteiger partial charge in [-0.2, -0.15) is 0 Å². The Hall–Kier alpha value is -2.39. The van der Waals surface area contributed by atoms with Crippen LogP contribution in [-0.2, 0) is 4.79 Å². The molecule has 0 N–H and O–H groups in total. The molecule has 0 unspecified atom stereocenters. The van der Waals surface area contributed by atoms with Gasteiger partial charge in [0.25, 0.3) is 0 Å². The summed E-state index contributed by atoms with van der Waals surface area (Å²) in [5.74, 6) is -0.194. The highest BCUT2D eigenvalue weighted by Crippen LogP contribution is 2.27. The summed E-state index contributed by atoms with van der Waals surface area (Å²) in [4.78, 5) is 12.8. The third-order valence-corrected chi connectivity index (χ3v) is 4.06. The van der Waals surface area contributed by atoms with Crippen LogP contribution in [-0.4, -0.2) is 5.97 Å². The van der Waals surface area contributed by atoms with Crippen molar-refractivity contribution in [1.82, 2.24) is 0 Å². The van der Waals surface area contributed by atoms with Crippen LogP contribution in [0.4, 0.5) is 0 Å². The molecule has 23 heavy (non-hydrogen) atoms. The number of carbonyl (C=O) groups is 1. The minimum atomic E-state index is -0.443. The van der Waals surface area contributed by atoms with Gasteiger partial charge < -0.3 is 4.74 Å². The van der Waals surface area contributed by atoms with Crippen molar-refractivity contribution in [3.8, 4) is 5.75 Å². The quantitative estimate of drug-likeness (QED) is 0.469. The van der Waals surface area contributed by atoms with Crippen LogP contribution in [0.3, 0.4) is 0 Å². The van der Waals surface area contributed by atoms with Crippen molar-refractivity contribution in [2.45, 2.75) is 5.92 Å². The Morgan fingerprint density at radius 1 is 0.739 bits per heavy atom. The second-order valence-corrected chi connectivity index (χ2v) is 6.05. The van der Waals surface area contributed by atoms with E-state index in [9.17, 15) is 4.79 Å². The van der Waals surface area contributed by atoms with Gasteiger partial charge in [-0.15, -0.1) is 0 Å². The minimum absolute atomic E-state index is 0.287. The molecule has 0 radical (unpaired) electrons. The van der Waals surface area contributed by atoms with Crippen molar-refractivity contribution in [3.05, 3.63) is 101 Å². The monoisotopic (exact) mass is 366 g/mol. The van der Waals surface area contributed by atoms with Crippen LogP contribution in [0.15, 0.2) is 89.4 Å². The molecule has 3 rings (SSSR count). The van der Waals surface area contributed by atoms with E-state index >= 15 is 0 Å².